The molecular formula is C18H15ClN6O3S. The molecule has 4 aromatic rings. The van der Waals surface area contributed by atoms with Gasteiger partial charge < -0.3 is 10.3 Å². The van der Waals surface area contributed by atoms with Gasteiger partial charge in [-0.2, -0.15) is 0 Å². The Labute approximate surface area is 170 Å². The zero-order valence-corrected chi connectivity index (χ0v) is 16.4. The molecule has 0 saturated carbocycles. The number of aromatic nitrogens is 4. The number of imidazole rings is 1. The molecule has 0 radical (unpaired) electrons. The van der Waals surface area contributed by atoms with E-state index in [9.17, 15) is 13.2 Å². The predicted molar refractivity (Wildman–Crippen MR) is 110 cm³/mol. The van der Waals surface area contributed by atoms with Crippen LogP contribution < -0.4 is 16.1 Å². The van der Waals surface area contributed by atoms with E-state index in [2.05, 4.69) is 20.3 Å². The van der Waals surface area contributed by atoms with Crippen LogP contribution in [0.3, 0.4) is 0 Å². The average molecular weight is 431 g/mol. The van der Waals surface area contributed by atoms with E-state index in [0.29, 0.717) is 27.6 Å². The molecule has 0 spiro atoms. The number of primary sulfonamides is 1. The number of anilines is 2. The molecule has 0 saturated heterocycles. The van der Waals surface area contributed by atoms with Gasteiger partial charge in [-0.1, -0.05) is 11.6 Å². The van der Waals surface area contributed by atoms with E-state index in [1.807, 2.05) is 12.1 Å². The van der Waals surface area contributed by atoms with Crippen LogP contribution in [0.2, 0.25) is 5.02 Å². The summed E-state index contributed by atoms with van der Waals surface area (Å²) in [6.45, 7) is 0.116. The highest BCUT2D eigenvalue weighted by atomic mass is 35.5. The molecule has 148 valence electrons. The Morgan fingerprint density at radius 1 is 1.10 bits per heavy atom. The Balaban J connectivity index is 1.67. The number of nitrogens with two attached hydrogens (primary N) is 1. The van der Waals surface area contributed by atoms with Crippen molar-refractivity contribution in [3.05, 3.63) is 76.1 Å². The highest BCUT2D eigenvalue weighted by molar-refractivity contribution is 7.89. The summed E-state index contributed by atoms with van der Waals surface area (Å²) in [4.78, 5) is 23.3. The van der Waals surface area contributed by atoms with E-state index < -0.39 is 15.7 Å². The first kappa shape index (κ1) is 19.1. The minimum Gasteiger partial charge on any atom is -0.340 e. The summed E-state index contributed by atoms with van der Waals surface area (Å²) in [6, 6.07) is 13.0. The van der Waals surface area contributed by atoms with Crippen molar-refractivity contribution in [1.82, 2.24) is 19.5 Å². The lowest BCUT2D eigenvalue weighted by Crippen LogP contribution is -2.18. The summed E-state index contributed by atoms with van der Waals surface area (Å²) in [7, 11) is -3.89. The molecule has 2 heterocycles. The zero-order valence-electron chi connectivity index (χ0n) is 14.8. The van der Waals surface area contributed by atoms with Crippen molar-refractivity contribution in [2.24, 2.45) is 5.14 Å². The SMILES string of the molecule is NS(=O)(=O)c1ccc2[nH]c(=O)n(Cc3cc(Nc4ccc(Cl)cc4)ncn3)c2c1. The summed E-state index contributed by atoms with van der Waals surface area (Å²) in [6.07, 6.45) is 1.38. The maximum Gasteiger partial charge on any atom is 0.326 e. The number of hydrogen-bond acceptors (Lipinski definition) is 6. The van der Waals surface area contributed by atoms with Crippen LogP contribution >= 0.6 is 11.6 Å². The van der Waals surface area contributed by atoms with Gasteiger partial charge >= 0.3 is 5.69 Å². The van der Waals surface area contributed by atoms with Crippen molar-refractivity contribution in [3.63, 3.8) is 0 Å². The number of H-pyrrole nitrogens is 1. The van der Waals surface area contributed by atoms with Crippen molar-refractivity contribution >= 4 is 44.2 Å². The molecule has 2 aromatic heterocycles. The molecule has 11 heteroatoms. The predicted octanol–water partition coefficient (Wildman–Crippen LogP) is 2.21. The second-order valence-electron chi connectivity index (χ2n) is 6.27. The van der Waals surface area contributed by atoms with Crippen LogP contribution in [0.25, 0.3) is 11.0 Å². The van der Waals surface area contributed by atoms with Crippen LogP contribution in [-0.2, 0) is 16.6 Å². The second-order valence-corrected chi connectivity index (χ2v) is 8.26. The van der Waals surface area contributed by atoms with E-state index in [4.69, 9.17) is 16.7 Å². The largest absolute Gasteiger partial charge is 0.340 e. The van der Waals surface area contributed by atoms with Crippen molar-refractivity contribution in [2.45, 2.75) is 11.4 Å². The monoisotopic (exact) mass is 430 g/mol. The van der Waals surface area contributed by atoms with Crippen LogP contribution in [0.15, 0.2) is 64.5 Å². The minimum atomic E-state index is -3.89. The lowest BCUT2D eigenvalue weighted by atomic mass is 10.3. The molecule has 0 amide bonds. The average Bonchev–Trinajstić information content (AvgIpc) is 2.98. The molecular weight excluding hydrogens is 416 g/mol. The van der Waals surface area contributed by atoms with Crippen LogP contribution in [0, 0.1) is 0 Å². The minimum absolute atomic E-state index is 0.0782. The molecule has 0 atom stereocenters. The number of sulfonamides is 1. The van der Waals surface area contributed by atoms with Crippen molar-refractivity contribution in [2.75, 3.05) is 5.32 Å². The normalized spacial score (nSPS) is 11.7. The molecule has 9 nitrogen and oxygen atoms in total. The summed E-state index contributed by atoms with van der Waals surface area (Å²) in [5.41, 5.74) is 1.86. The van der Waals surface area contributed by atoms with Crippen LogP contribution in [0.4, 0.5) is 11.5 Å². The summed E-state index contributed by atoms with van der Waals surface area (Å²) >= 11 is 5.89. The first-order chi connectivity index (χ1) is 13.8. The Morgan fingerprint density at radius 3 is 2.59 bits per heavy atom. The number of nitrogens with one attached hydrogen (secondary N) is 2. The molecule has 4 rings (SSSR count). The third-order valence-corrected chi connectivity index (χ3v) is 5.40. The molecule has 0 aliphatic carbocycles. The summed E-state index contributed by atoms with van der Waals surface area (Å²) < 4.78 is 24.7. The number of aromatic amines is 1. The number of halogens is 1. The van der Waals surface area contributed by atoms with Gasteiger partial charge in [0.2, 0.25) is 10.0 Å². The van der Waals surface area contributed by atoms with E-state index in [-0.39, 0.29) is 11.4 Å². The fourth-order valence-electron chi connectivity index (χ4n) is 2.86. The molecule has 0 aliphatic heterocycles. The van der Waals surface area contributed by atoms with E-state index in [0.717, 1.165) is 5.69 Å². The highest BCUT2D eigenvalue weighted by Crippen LogP contribution is 2.19. The molecule has 0 fully saturated rings. The number of benzene rings is 2. The van der Waals surface area contributed by atoms with E-state index in [1.54, 1.807) is 18.2 Å². The highest BCUT2D eigenvalue weighted by Gasteiger charge is 2.14. The van der Waals surface area contributed by atoms with E-state index in [1.165, 1.54) is 29.1 Å². The van der Waals surface area contributed by atoms with Gasteiger partial charge in [0.25, 0.3) is 0 Å². The van der Waals surface area contributed by atoms with Crippen LogP contribution in [0.5, 0.6) is 0 Å². The quantitative estimate of drug-likeness (QED) is 0.444. The third-order valence-electron chi connectivity index (χ3n) is 4.24. The molecule has 0 bridgehead atoms. The number of hydrogen-bond donors (Lipinski definition) is 3. The van der Waals surface area contributed by atoms with Crippen molar-refractivity contribution in [1.29, 1.82) is 0 Å². The van der Waals surface area contributed by atoms with Crippen molar-refractivity contribution < 1.29 is 8.42 Å². The zero-order chi connectivity index (χ0) is 20.6. The lowest BCUT2D eigenvalue weighted by Gasteiger charge is -2.08. The summed E-state index contributed by atoms with van der Waals surface area (Å²) in [5.74, 6) is 0.537. The summed E-state index contributed by atoms with van der Waals surface area (Å²) in [5, 5.41) is 8.95. The maximum absolute atomic E-state index is 12.4. The van der Waals surface area contributed by atoms with Gasteiger partial charge in [-0.15, -0.1) is 0 Å². The smallest absolute Gasteiger partial charge is 0.326 e. The number of fused-ring (bicyclic) bond motifs is 1. The van der Waals surface area contributed by atoms with Crippen LogP contribution in [-0.4, -0.2) is 27.9 Å². The Bertz CT molecular complexity index is 1360. The fourth-order valence-corrected chi connectivity index (χ4v) is 3.52. The molecule has 2 aromatic carbocycles. The van der Waals surface area contributed by atoms with Gasteiger partial charge in [-0.05, 0) is 42.5 Å². The third kappa shape index (κ3) is 4.14. The molecule has 4 N–H and O–H groups in total. The van der Waals surface area contributed by atoms with E-state index >= 15 is 0 Å². The van der Waals surface area contributed by atoms with Gasteiger partial charge in [0, 0.05) is 16.8 Å². The number of rotatable bonds is 5. The Morgan fingerprint density at radius 2 is 1.86 bits per heavy atom. The molecule has 0 aliphatic rings. The second kappa shape index (κ2) is 7.32. The topological polar surface area (TPSA) is 136 Å². The van der Waals surface area contributed by atoms with Crippen molar-refractivity contribution in [3.8, 4) is 0 Å². The van der Waals surface area contributed by atoms with Crippen LogP contribution in [0.1, 0.15) is 5.69 Å². The van der Waals surface area contributed by atoms with Gasteiger partial charge in [0.15, 0.2) is 0 Å². The first-order valence-electron chi connectivity index (χ1n) is 8.38. The Kier molecular flexibility index (Phi) is 4.82. The maximum atomic E-state index is 12.4. The standard InChI is InChI=1S/C18H15ClN6O3S/c19-11-1-3-12(4-2-11)23-17-7-13(21-10-22-17)9-25-16-8-14(29(20,27)28)5-6-15(16)24-18(25)26/h1-8,10H,9H2,(H,24,26)(H2,20,27,28)(H,21,22,23). The number of nitrogens with zero attached hydrogens (tertiary/aromatic N) is 3. The molecule has 0 unspecified atom stereocenters. The van der Waals surface area contributed by atoms with Gasteiger partial charge in [-0.3, -0.25) is 4.57 Å². The fraction of sp³-hybridized carbons (Fsp3) is 0.0556. The first-order valence-corrected chi connectivity index (χ1v) is 10.3. The van der Waals surface area contributed by atoms with Gasteiger partial charge in [-0.25, -0.2) is 28.3 Å². The molecule has 29 heavy (non-hydrogen) atoms. The lowest BCUT2D eigenvalue weighted by molar-refractivity contribution is 0.598. The van der Waals surface area contributed by atoms with Gasteiger partial charge in [0.05, 0.1) is 28.2 Å². The Hall–Kier alpha value is -3.21. The van der Waals surface area contributed by atoms with Gasteiger partial charge in [0.1, 0.15) is 12.1 Å².